The van der Waals surface area contributed by atoms with Gasteiger partial charge in [0.15, 0.2) is 0 Å². The first kappa shape index (κ1) is 21.1. The Morgan fingerprint density at radius 3 is 2.41 bits per heavy atom. The van der Waals surface area contributed by atoms with E-state index in [9.17, 15) is 14.4 Å². The number of hydrogen-bond acceptors (Lipinski definition) is 3. The molecular formula is C22H32N4O3. The molecule has 7 nitrogen and oxygen atoms in total. The van der Waals surface area contributed by atoms with Crippen molar-refractivity contribution in [3.63, 3.8) is 0 Å². The average molecular weight is 401 g/mol. The fourth-order valence-electron chi connectivity index (χ4n) is 3.76. The highest BCUT2D eigenvalue weighted by Crippen LogP contribution is 2.32. The lowest BCUT2D eigenvalue weighted by molar-refractivity contribution is -0.144. The third-order valence-electron chi connectivity index (χ3n) is 5.95. The highest BCUT2D eigenvalue weighted by Gasteiger charge is 2.39. The van der Waals surface area contributed by atoms with E-state index in [0.717, 1.165) is 19.3 Å². The van der Waals surface area contributed by atoms with Crippen LogP contribution in [-0.2, 0) is 9.59 Å². The summed E-state index contributed by atoms with van der Waals surface area (Å²) in [4.78, 5) is 41.8. The zero-order chi connectivity index (χ0) is 21.0. The standard InChI is InChI=1S/C22H32N4O3/c1-4-15(2)19(24-22(29)23-18-8-6-5-7-9-18)21(28)25-12-13-26(16(3)14-25)20(27)17-10-11-17/h5-9,15-17,19H,4,10-14H2,1-3H3,(H2,23,24,29). The van der Waals surface area contributed by atoms with Crippen LogP contribution in [0.2, 0.25) is 0 Å². The lowest BCUT2D eigenvalue weighted by Crippen LogP contribution is -2.60. The summed E-state index contributed by atoms with van der Waals surface area (Å²) in [5.74, 6) is 0.345. The highest BCUT2D eigenvalue weighted by atomic mass is 16.2. The van der Waals surface area contributed by atoms with Crippen molar-refractivity contribution >= 4 is 23.5 Å². The number of benzene rings is 1. The van der Waals surface area contributed by atoms with Gasteiger partial charge < -0.3 is 20.4 Å². The van der Waals surface area contributed by atoms with Crippen molar-refractivity contribution in [1.82, 2.24) is 15.1 Å². The summed E-state index contributed by atoms with van der Waals surface area (Å²) >= 11 is 0. The number of hydrogen-bond donors (Lipinski definition) is 2. The second kappa shape index (κ2) is 9.29. The molecule has 3 rings (SSSR count). The Morgan fingerprint density at radius 2 is 1.83 bits per heavy atom. The molecule has 3 unspecified atom stereocenters. The molecule has 1 heterocycles. The van der Waals surface area contributed by atoms with Gasteiger partial charge in [0, 0.05) is 37.3 Å². The Hall–Kier alpha value is -2.57. The number of carbonyl (C=O) groups excluding carboxylic acids is 3. The molecule has 3 atom stereocenters. The van der Waals surface area contributed by atoms with E-state index in [0.29, 0.717) is 25.3 Å². The van der Waals surface area contributed by atoms with Gasteiger partial charge in [-0.05, 0) is 37.8 Å². The number of piperazine rings is 1. The Balaban J connectivity index is 1.61. The molecule has 0 spiro atoms. The van der Waals surface area contributed by atoms with Crippen LogP contribution in [0.3, 0.4) is 0 Å². The largest absolute Gasteiger partial charge is 0.337 e. The zero-order valence-electron chi connectivity index (χ0n) is 17.6. The van der Waals surface area contributed by atoms with E-state index in [-0.39, 0.29) is 35.7 Å². The minimum Gasteiger partial charge on any atom is -0.337 e. The van der Waals surface area contributed by atoms with E-state index < -0.39 is 6.04 Å². The molecule has 158 valence electrons. The van der Waals surface area contributed by atoms with Crippen molar-refractivity contribution in [2.24, 2.45) is 11.8 Å². The molecule has 0 radical (unpaired) electrons. The van der Waals surface area contributed by atoms with Gasteiger partial charge in [0.1, 0.15) is 6.04 Å². The first-order valence-electron chi connectivity index (χ1n) is 10.6. The predicted octanol–water partition coefficient (Wildman–Crippen LogP) is 2.69. The fraction of sp³-hybridized carbons (Fsp3) is 0.591. The third-order valence-corrected chi connectivity index (χ3v) is 5.95. The van der Waals surface area contributed by atoms with E-state index >= 15 is 0 Å². The van der Waals surface area contributed by atoms with E-state index in [1.165, 1.54) is 0 Å². The molecule has 1 saturated carbocycles. The van der Waals surface area contributed by atoms with Crippen LogP contribution in [0.25, 0.3) is 0 Å². The van der Waals surface area contributed by atoms with E-state index in [1.807, 2.05) is 43.9 Å². The molecule has 4 amide bonds. The minimum atomic E-state index is -0.596. The number of amides is 4. The van der Waals surface area contributed by atoms with Gasteiger partial charge in [0.05, 0.1) is 0 Å². The summed E-state index contributed by atoms with van der Waals surface area (Å²) in [7, 11) is 0. The van der Waals surface area contributed by atoms with Gasteiger partial charge in [0.25, 0.3) is 0 Å². The average Bonchev–Trinajstić information content (AvgIpc) is 3.56. The Morgan fingerprint density at radius 1 is 1.14 bits per heavy atom. The molecule has 0 bridgehead atoms. The van der Waals surface area contributed by atoms with Crippen LogP contribution < -0.4 is 10.6 Å². The van der Waals surface area contributed by atoms with Crippen LogP contribution in [0.15, 0.2) is 30.3 Å². The van der Waals surface area contributed by atoms with Crippen molar-refractivity contribution in [2.45, 2.75) is 52.1 Å². The predicted molar refractivity (Wildman–Crippen MR) is 112 cm³/mol. The van der Waals surface area contributed by atoms with Gasteiger partial charge in [-0.3, -0.25) is 9.59 Å². The van der Waals surface area contributed by atoms with Gasteiger partial charge in [-0.1, -0.05) is 38.5 Å². The summed E-state index contributed by atoms with van der Waals surface area (Å²) in [5, 5.41) is 5.65. The molecule has 2 N–H and O–H groups in total. The first-order chi connectivity index (χ1) is 13.9. The second-order valence-corrected chi connectivity index (χ2v) is 8.27. The van der Waals surface area contributed by atoms with Crippen molar-refractivity contribution in [3.8, 4) is 0 Å². The molecule has 1 aliphatic heterocycles. The maximum atomic E-state index is 13.2. The molecule has 1 aromatic rings. The smallest absolute Gasteiger partial charge is 0.319 e. The third kappa shape index (κ3) is 5.28. The molecule has 2 fully saturated rings. The topological polar surface area (TPSA) is 81.8 Å². The monoisotopic (exact) mass is 400 g/mol. The van der Waals surface area contributed by atoms with Crippen molar-refractivity contribution in [1.29, 1.82) is 0 Å². The molecule has 29 heavy (non-hydrogen) atoms. The van der Waals surface area contributed by atoms with Crippen LogP contribution in [0, 0.1) is 11.8 Å². The molecule has 1 saturated heterocycles. The quantitative estimate of drug-likeness (QED) is 0.770. The van der Waals surface area contributed by atoms with Gasteiger partial charge in [0.2, 0.25) is 11.8 Å². The van der Waals surface area contributed by atoms with E-state index in [1.54, 1.807) is 17.0 Å². The van der Waals surface area contributed by atoms with Crippen LogP contribution in [-0.4, -0.2) is 59.4 Å². The number of nitrogens with one attached hydrogen (secondary N) is 2. The summed E-state index contributed by atoms with van der Waals surface area (Å²) in [5.41, 5.74) is 0.682. The van der Waals surface area contributed by atoms with Crippen LogP contribution in [0.5, 0.6) is 0 Å². The molecule has 2 aliphatic rings. The molecule has 1 aromatic carbocycles. The number of carbonyl (C=O) groups is 3. The van der Waals surface area contributed by atoms with Gasteiger partial charge >= 0.3 is 6.03 Å². The molecular weight excluding hydrogens is 368 g/mol. The molecule has 0 aromatic heterocycles. The second-order valence-electron chi connectivity index (χ2n) is 8.27. The molecule has 7 heteroatoms. The SMILES string of the molecule is CCC(C)C(NC(=O)Nc1ccccc1)C(=O)N1CCN(C(=O)C2CC2)C(C)C1. The summed E-state index contributed by atoms with van der Waals surface area (Å²) < 4.78 is 0. The summed E-state index contributed by atoms with van der Waals surface area (Å²) in [6.45, 7) is 7.56. The Labute approximate surface area is 172 Å². The van der Waals surface area contributed by atoms with Crippen molar-refractivity contribution in [2.75, 3.05) is 25.0 Å². The summed E-state index contributed by atoms with van der Waals surface area (Å²) in [6, 6.07) is 8.19. The first-order valence-corrected chi connectivity index (χ1v) is 10.6. The van der Waals surface area contributed by atoms with Crippen LogP contribution >= 0.6 is 0 Å². The lowest BCUT2D eigenvalue weighted by atomic mass is 9.97. The maximum absolute atomic E-state index is 13.2. The number of nitrogens with zero attached hydrogens (tertiary/aromatic N) is 2. The van der Waals surface area contributed by atoms with E-state index in [4.69, 9.17) is 0 Å². The zero-order valence-corrected chi connectivity index (χ0v) is 17.6. The summed E-state index contributed by atoms with van der Waals surface area (Å²) in [6.07, 6.45) is 2.75. The van der Waals surface area contributed by atoms with Gasteiger partial charge in [-0.25, -0.2) is 4.79 Å². The minimum absolute atomic E-state index is 0.00321. The van der Waals surface area contributed by atoms with Gasteiger partial charge in [-0.15, -0.1) is 0 Å². The number of para-hydroxylation sites is 1. The van der Waals surface area contributed by atoms with Crippen molar-refractivity contribution in [3.05, 3.63) is 30.3 Å². The fourth-order valence-corrected chi connectivity index (χ4v) is 3.76. The Kier molecular flexibility index (Phi) is 6.77. The molecule has 1 aliphatic carbocycles. The number of anilines is 1. The van der Waals surface area contributed by atoms with Crippen molar-refractivity contribution < 1.29 is 14.4 Å². The highest BCUT2D eigenvalue weighted by molar-refractivity contribution is 5.94. The van der Waals surface area contributed by atoms with E-state index in [2.05, 4.69) is 10.6 Å². The number of rotatable bonds is 6. The lowest BCUT2D eigenvalue weighted by Gasteiger charge is -2.41. The van der Waals surface area contributed by atoms with Gasteiger partial charge in [-0.2, -0.15) is 0 Å². The maximum Gasteiger partial charge on any atom is 0.319 e. The van der Waals surface area contributed by atoms with Crippen LogP contribution in [0.1, 0.15) is 40.0 Å². The number of urea groups is 1. The Bertz CT molecular complexity index is 735. The normalized spacial score (nSPS) is 21.3. The van der Waals surface area contributed by atoms with Crippen LogP contribution in [0.4, 0.5) is 10.5 Å².